The van der Waals surface area contributed by atoms with E-state index in [0.717, 1.165) is 0 Å². The van der Waals surface area contributed by atoms with Gasteiger partial charge in [-0.25, -0.2) is 4.79 Å². The maximum absolute atomic E-state index is 12.8. The number of carboxylic acids is 1. The fourth-order valence-corrected chi connectivity index (χ4v) is 7.41. The fourth-order valence-electron chi connectivity index (χ4n) is 2.34. The van der Waals surface area contributed by atoms with E-state index < -0.39 is 35.5 Å². The molecule has 0 radical (unpaired) electrons. The van der Waals surface area contributed by atoms with Gasteiger partial charge in [0, 0.05) is 26.8 Å². The number of alkyl halides is 1. The lowest BCUT2D eigenvalue weighted by Crippen LogP contribution is -2.28. The van der Waals surface area contributed by atoms with Crippen molar-refractivity contribution >= 4 is 120 Å². The highest BCUT2D eigenvalue weighted by Gasteiger charge is 2.30. The third-order valence-corrected chi connectivity index (χ3v) is 8.27. The molecule has 10 nitrogen and oxygen atoms in total. The number of nitrogens with zero attached hydrogens (tertiary/aromatic N) is 1. The van der Waals surface area contributed by atoms with Crippen LogP contribution in [0.4, 0.5) is 11.4 Å². The Morgan fingerprint density at radius 2 is 1.47 bits per heavy atom. The van der Waals surface area contributed by atoms with Gasteiger partial charge in [-0.2, -0.15) is 0 Å². The van der Waals surface area contributed by atoms with Gasteiger partial charge in [0.2, 0.25) is 18.6 Å². The minimum absolute atomic E-state index is 0.172. The van der Waals surface area contributed by atoms with Gasteiger partial charge >= 0.3 is 17.9 Å². The first-order chi connectivity index (χ1) is 17.2. The number of amides is 2. The van der Waals surface area contributed by atoms with Crippen molar-refractivity contribution in [3.05, 3.63) is 16.3 Å². The standard InChI is InChI=1S/C18H21I3N2O6.C6H11ClO2/c1-8(24)22-14-11(19)10(12(20)15(13(14)21)23(6)9(2)25)16(26)28-7-29-17(27)18(3,4)5;1-6(2,3-4-7)5(8)9/h7H2,1-6H3,(H,22,24);3-4H2,1-2H3,(H,8,9). The van der Waals surface area contributed by atoms with Crippen molar-refractivity contribution in [2.24, 2.45) is 10.8 Å². The molecular formula is C24H32ClI3N2O8. The lowest BCUT2D eigenvalue weighted by molar-refractivity contribution is -0.161. The Bertz CT molecular complexity index is 1090. The Balaban J connectivity index is 0.00000129. The number of carbonyl (C=O) groups excluding carboxylic acids is 4. The lowest BCUT2D eigenvalue weighted by atomic mass is 9.91. The molecule has 1 rings (SSSR count). The molecule has 0 heterocycles. The molecule has 0 aliphatic heterocycles. The van der Waals surface area contributed by atoms with E-state index in [9.17, 15) is 24.0 Å². The second kappa shape index (κ2) is 15.7. The Morgan fingerprint density at radius 1 is 0.947 bits per heavy atom. The van der Waals surface area contributed by atoms with Gasteiger partial charge in [0.25, 0.3) is 0 Å². The van der Waals surface area contributed by atoms with Gasteiger partial charge in [-0.15, -0.1) is 11.6 Å². The van der Waals surface area contributed by atoms with Gasteiger partial charge in [-0.05, 0) is 109 Å². The van der Waals surface area contributed by atoms with Gasteiger partial charge in [0.05, 0.1) is 38.5 Å². The van der Waals surface area contributed by atoms with Crippen molar-refractivity contribution in [2.45, 2.75) is 54.9 Å². The average molecular weight is 893 g/mol. The van der Waals surface area contributed by atoms with Crippen LogP contribution < -0.4 is 10.2 Å². The van der Waals surface area contributed by atoms with Crippen molar-refractivity contribution in [1.29, 1.82) is 0 Å². The summed E-state index contributed by atoms with van der Waals surface area (Å²) in [6.45, 7) is 10.6. The van der Waals surface area contributed by atoms with Gasteiger partial charge in [0.1, 0.15) is 0 Å². The quantitative estimate of drug-likeness (QED) is 0.143. The number of halogens is 4. The van der Waals surface area contributed by atoms with Gasteiger partial charge in [-0.1, -0.05) is 0 Å². The molecule has 0 saturated carbocycles. The van der Waals surface area contributed by atoms with Crippen molar-refractivity contribution in [2.75, 3.05) is 29.9 Å². The van der Waals surface area contributed by atoms with Crippen LogP contribution in [0.15, 0.2) is 0 Å². The van der Waals surface area contributed by atoms with Gasteiger partial charge < -0.3 is 24.8 Å². The summed E-state index contributed by atoms with van der Waals surface area (Å²) in [6, 6.07) is 0. The zero-order valence-electron chi connectivity index (χ0n) is 22.4. The topological polar surface area (TPSA) is 139 Å². The summed E-state index contributed by atoms with van der Waals surface area (Å²) in [5.74, 6) is -2.19. The molecule has 0 aliphatic rings. The van der Waals surface area contributed by atoms with Crippen LogP contribution in [0.2, 0.25) is 0 Å². The summed E-state index contributed by atoms with van der Waals surface area (Å²) in [7, 11) is 1.58. The Hall–Kier alpha value is -0.950. The molecule has 2 N–H and O–H groups in total. The van der Waals surface area contributed by atoms with Crippen LogP contribution >= 0.6 is 79.4 Å². The molecule has 38 heavy (non-hydrogen) atoms. The van der Waals surface area contributed by atoms with E-state index in [2.05, 4.69) is 5.32 Å². The van der Waals surface area contributed by atoms with Crippen LogP contribution in [-0.2, 0) is 28.7 Å². The maximum atomic E-state index is 12.8. The van der Waals surface area contributed by atoms with Crippen LogP contribution in [0, 0.1) is 21.5 Å². The highest BCUT2D eigenvalue weighted by atomic mass is 127. The third-order valence-electron chi connectivity index (χ3n) is 4.90. The maximum Gasteiger partial charge on any atom is 0.343 e. The van der Waals surface area contributed by atoms with Crippen LogP contribution in [0.25, 0.3) is 0 Å². The molecule has 0 spiro atoms. The fraction of sp³-hybridized carbons (Fsp3) is 0.542. The number of esters is 2. The summed E-state index contributed by atoms with van der Waals surface area (Å²) in [5.41, 5.74) is -0.344. The largest absolute Gasteiger partial charge is 0.481 e. The van der Waals surface area contributed by atoms with Gasteiger partial charge in [0.15, 0.2) is 0 Å². The number of hydrogen-bond donors (Lipinski definition) is 2. The van der Waals surface area contributed by atoms with Crippen LogP contribution in [0.1, 0.15) is 65.2 Å². The average Bonchev–Trinajstić information content (AvgIpc) is 2.76. The number of carbonyl (C=O) groups is 5. The molecule has 1 aromatic carbocycles. The van der Waals surface area contributed by atoms with Crippen molar-refractivity contribution in [3.8, 4) is 0 Å². The van der Waals surface area contributed by atoms with Gasteiger partial charge in [-0.3, -0.25) is 19.2 Å². The van der Waals surface area contributed by atoms with Crippen LogP contribution in [-0.4, -0.2) is 54.5 Å². The Labute approximate surface area is 268 Å². The first-order valence-corrected chi connectivity index (χ1v) is 14.8. The molecule has 0 saturated heterocycles. The van der Waals surface area contributed by atoms with E-state index in [1.165, 1.54) is 18.7 Å². The Kier molecular flexibility index (Phi) is 15.3. The van der Waals surface area contributed by atoms with E-state index in [-0.39, 0.29) is 17.4 Å². The number of anilines is 2. The highest BCUT2D eigenvalue weighted by molar-refractivity contribution is 14.1. The lowest BCUT2D eigenvalue weighted by Gasteiger charge is -2.24. The first kappa shape index (κ1) is 37.0. The number of ether oxygens (including phenoxy) is 2. The van der Waals surface area contributed by atoms with E-state index in [0.29, 0.717) is 34.4 Å². The summed E-state index contributed by atoms with van der Waals surface area (Å²) in [4.78, 5) is 60.0. The highest BCUT2D eigenvalue weighted by Crippen LogP contribution is 2.40. The molecule has 0 aromatic heterocycles. The van der Waals surface area contributed by atoms with Crippen molar-refractivity contribution < 1.29 is 38.6 Å². The summed E-state index contributed by atoms with van der Waals surface area (Å²) < 4.78 is 11.7. The normalized spacial score (nSPS) is 11.1. The minimum atomic E-state index is -0.789. The SMILES string of the molecule is CC(=O)Nc1c(I)c(C(=O)OCOC(=O)C(C)(C)C)c(I)c(N(C)C(C)=O)c1I.CC(C)(CCCl)C(=O)O. The molecule has 0 aliphatic carbocycles. The molecule has 0 unspecified atom stereocenters. The van der Waals surface area contributed by atoms with Crippen molar-refractivity contribution in [1.82, 2.24) is 0 Å². The number of benzene rings is 1. The second-order valence-electron chi connectivity index (χ2n) is 9.66. The van der Waals surface area contributed by atoms with Crippen LogP contribution in [0.5, 0.6) is 0 Å². The van der Waals surface area contributed by atoms with Crippen molar-refractivity contribution in [3.63, 3.8) is 0 Å². The number of aliphatic carboxylic acids is 1. The minimum Gasteiger partial charge on any atom is -0.481 e. The molecule has 1 aromatic rings. The monoisotopic (exact) mass is 892 g/mol. The zero-order valence-corrected chi connectivity index (χ0v) is 29.6. The van der Waals surface area contributed by atoms with E-state index in [1.807, 2.05) is 67.8 Å². The van der Waals surface area contributed by atoms with E-state index in [4.69, 9.17) is 26.2 Å². The predicted octanol–water partition coefficient (Wildman–Crippen LogP) is 5.87. The van der Waals surface area contributed by atoms with E-state index in [1.54, 1.807) is 41.7 Å². The van der Waals surface area contributed by atoms with Crippen LogP contribution in [0.3, 0.4) is 0 Å². The molecule has 0 atom stereocenters. The molecule has 0 fully saturated rings. The smallest absolute Gasteiger partial charge is 0.343 e. The summed E-state index contributed by atoms with van der Waals surface area (Å²) in [5, 5.41) is 11.2. The van der Waals surface area contributed by atoms with E-state index >= 15 is 0 Å². The molecule has 0 bridgehead atoms. The number of hydrogen-bond acceptors (Lipinski definition) is 7. The molecular weight excluding hydrogens is 860 g/mol. The molecule has 14 heteroatoms. The predicted molar refractivity (Wildman–Crippen MR) is 171 cm³/mol. The number of nitrogens with one attached hydrogen (secondary N) is 1. The molecule has 214 valence electrons. The first-order valence-electron chi connectivity index (χ1n) is 11.1. The number of carboxylic acid groups (broad SMARTS) is 1. The summed E-state index contributed by atoms with van der Waals surface area (Å²) >= 11 is 11.3. The zero-order chi connectivity index (χ0) is 30.2. The molecule has 2 amide bonds. The Morgan fingerprint density at radius 3 is 1.84 bits per heavy atom. The second-order valence-corrected chi connectivity index (χ2v) is 13.3. The summed E-state index contributed by atoms with van der Waals surface area (Å²) in [6.07, 6.45) is 0.518. The number of rotatable bonds is 8. The third kappa shape index (κ3) is 10.9.